The molecular weight excluding hydrogens is 272 g/mol. The lowest BCUT2D eigenvalue weighted by molar-refractivity contribution is 0.306. The molecule has 0 spiro atoms. The van der Waals surface area contributed by atoms with Gasteiger partial charge in [0.1, 0.15) is 0 Å². The summed E-state index contributed by atoms with van der Waals surface area (Å²) in [4.78, 5) is 2.63. The Kier molecular flexibility index (Phi) is 3.51. The molecule has 2 aromatic rings. The zero-order chi connectivity index (χ0) is 15.1. The highest BCUT2D eigenvalue weighted by atomic mass is 15.2. The Morgan fingerprint density at radius 3 is 2.68 bits per heavy atom. The van der Waals surface area contributed by atoms with E-state index in [0.717, 1.165) is 18.4 Å². The topological polar surface area (TPSA) is 33.1 Å². The zero-order valence-corrected chi connectivity index (χ0v) is 13.4. The Morgan fingerprint density at radius 1 is 1.23 bits per heavy atom. The Labute approximate surface area is 132 Å². The van der Waals surface area contributed by atoms with E-state index >= 15 is 0 Å². The number of hydrogen-bond donors (Lipinski definition) is 1. The normalized spacial score (nSPS) is 24.8. The number of rotatable bonds is 3. The third-order valence-electron chi connectivity index (χ3n) is 5.14. The fourth-order valence-corrected chi connectivity index (χ4v) is 3.98. The molecule has 4 heteroatoms. The van der Waals surface area contributed by atoms with E-state index in [1.54, 1.807) is 0 Å². The minimum atomic E-state index is 0.854. The molecule has 1 aromatic carbocycles. The molecule has 2 aliphatic heterocycles. The molecule has 4 nitrogen and oxygen atoms in total. The van der Waals surface area contributed by atoms with Crippen LogP contribution < -0.4 is 5.32 Å². The second kappa shape index (κ2) is 5.52. The van der Waals surface area contributed by atoms with Gasteiger partial charge in [0, 0.05) is 38.4 Å². The number of nitrogens with one attached hydrogen (secondary N) is 1. The Hall–Kier alpha value is -1.65. The van der Waals surface area contributed by atoms with E-state index in [1.165, 1.54) is 48.4 Å². The molecule has 2 fully saturated rings. The van der Waals surface area contributed by atoms with Gasteiger partial charge in [-0.05, 0) is 43.0 Å². The summed E-state index contributed by atoms with van der Waals surface area (Å²) in [6.45, 7) is 8.08. The number of aryl methyl sites for hydroxylation is 2. The maximum absolute atomic E-state index is 4.34. The highest BCUT2D eigenvalue weighted by Gasteiger charge is 2.35. The van der Waals surface area contributed by atoms with Crippen molar-refractivity contribution in [2.24, 2.45) is 18.9 Å². The fraction of sp³-hybridized carbons (Fsp3) is 0.500. The number of fused-ring (bicyclic) bond motifs is 1. The SMILES string of the molecule is Cc1ccc(CN2C[C@H]3CNC[C@H]3C2)c(-c2cnn(C)c2)c1. The van der Waals surface area contributed by atoms with Gasteiger partial charge in [-0.15, -0.1) is 0 Å². The van der Waals surface area contributed by atoms with Crippen LogP contribution in [0.5, 0.6) is 0 Å². The molecule has 22 heavy (non-hydrogen) atoms. The summed E-state index contributed by atoms with van der Waals surface area (Å²) < 4.78 is 1.88. The molecule has 2 atom stereocenters. The molecule has 0 unspecified atom stereocenters. The van der Waals surface area contributed by atoms with Crippen molar-refractivity contribution in [3.8, 4) is 11.1 Å². The summed E-state index contributed by atoms with van der Waals surface area (Å²) in [5.41, 5.74) is 5.29. The molecule has 2 saturated heterocycles. The third kappa shape index (κ3) is 2.57. The smallest absolute Gasteiger partial charge is 0.0568 e. The number of benzene rings is 1. The lowest BCUT2D eigenvalue weighted by atomic mass is 9.99. The van der Waals surface area contributed by atoms with Gasteiger partial charge in [-0.25, -0.2) is 0 Å². The van der Waals surface area contributed by atoms with Gasteiger partial charge in [0.25, 0.3) is 0 Å². The van der Waals surface area contributed by atoms with Crippen LogP contribution in [0.1, 0.15) is 11.1 Å². The Bertz CT molecular complexity index is 663. The summed E-state index contributed by atoms with van der Waals surface area (Å²) >= 11 is 0. The molecule has 3 heterocycles. The van der Waals surface area contributed by atoms with E-state index in [1.807, 2.05) is 17.9 Å². The van der Waals surface area contributed by atoms with Gasteiger partial charge >= 0.3 is 0 Å². The zero-order valence-electron chi connectivity index (χ0n) is 13.4. The summed E-state index contributed by atoms with van der Waals surface area (Å²) in [7, 11) is 1.98. The van der Waals surface area contributed by atoms with Crippen LogP contribution in [-0.4, -0.2) is 40.9 Å². The minimum Gasteiger partial charge on any atom is -0.316 e. The first-order valence-corrected chi connectivity index (χ1v) is 8.20. The summed E-state index contributed by atoms with van der Waals surface area (Å²) in [6.07, 6.45) is 4.09. The van der Waals surface area contributed by atoms with Crippen molar-refractivity contribution in [3.63, 3.8) is 0 Å². The van der Waals surface area contributed by atoms with Gasteiger partial charge < -0.3 is 5.32 Å². The summed E-state index contributed by atoms with van der Waals surface area (Å²) in [5, 5.41) is 7.86. The first-order chi connectivity index (χ1) is 10.7. The van der Waals surface area contributed by atoms with E-state index in [2.05, 4.69) is 46.6 Å². The molecular formula is C18H24N4. The van der Waals surface area contributed by atoms with E-state index in [9.17, 15) is 0 Å². The third-order valence-corrected chi connectivity index (χ3v) is 5.14. The molecule has 0 amide bonds. The van der Waals surface area contributed by atoms with Crippen LogP contribution in [0.25, 0.3) is 11.1 Å². The summed E-state index contributed by atoms with van der Waals surface area (Å²) in [6, 6.07) is 6.82. The van der Waals surface area contributed by atoms with Crippen LogP contribution in [0, 0.1) is 18.8 Å². The molecule has 1 aromatic heterocycles. The van der Waals surface area contributed by atoms with Gasteiger partial charge in [0.05, 0.1) is 6.20 Å². The average molecular weight is 296 g/mol. The average Bonchev–Trinajstić information content (AvgIpc) is 3.16. The lowest BCUT2D eigenvalue weighted by Crippen LogP contribution is -2.25. The number of aromatic nitrogens is 2. The van der Waals surface area contributed by atoms with E-state index in [-0.39, 0.29) is 0 Å². The van der Waals surface area contributed by atoms with Crippen LogP contribution in [0.3, 0.4) is 0 Å². The molecule has 0 aliphatic carbocycles. The van der Waals surface area contributed by atoms with E-state index < -0.39 is 0 Å². The number of likely N-dealkylation sites (tertiary alicyclic amines) is 1. The van der Waals surface area contributed by atoms with Crippen molar-refractivity contribution >= 4 is 0 Å². The van der Waals surface area contributed by atoms with Crippen molar-refractivity contribution in [3.05, 3.63) is 41.7 Å². The quantitative estimate of drug-likeness (QED) is 0.941. The van der Waals surface area contributed by atoms with Gasteiger partial charge in [-0.1, -0.05) is 23.8 Å². The van der Waals surface area contributed by atoms with Crippen molar-refractivity contribution in [2.75, 3.05) is 26.2 Å². The monoisotopic (exact) mass is 296 g/mol. The molecule has 1 N–H and O–H groups in total. The van der Waals surface area contributed by atoms with Gasteiger partial charge in [-0.3, -0.25) is 9.58 Å². The molecule has 4 rings (SSSR count). The van der Waals surface area contributed by atoms with Crippen molar-refractivity contribution in [2.45, 2.75) is 13.5 Å². The van der Waals surface area contributed by atoms with Gasteiger partial charge in [-0.2, -0.15) is 5.10 Å². The largest absolute Gasteiger partial charge is 0.316 e. The molecule has 2 aliphatic rings. The lowest BCUT2D eigenvalue weighted by Gasteiger charge is -2.19. The predicted octanol–water partition coefficient (Wildman–Crippen LogP) is 2.05. The van der Waals surface area contributed by atoms with Gasteiger partial charge in [0.2, 0.25) is 0 Å². The maximum atomic E-state index is 4.34. The highest BCUT2D eigenvalue weighted by Crippen LogP contribution is 2.30. The molecule has 0 bridgehead atoms. The fourth-order valence-electron chi connectivity index (χ4n) is 3.98. The summed E-state index contributed by atoms with van der Waals surface area (Å²) in [5.74, 6) is 1.71. The van der Waals surface area contributed by atoms with Gasteiger partial charge in [0.15, 0.2) is 0 Å². The highest BCUT2D eigenvalue weighted by molar-refractivity contribution is 5.66. The van der Waals surface area contributed by atoms with E-state index in [0.29, 0.717) is 0 Å². The Balaban J connectivity index is 1.59. The predicted molar refractivity (Wildman–Crippen MR) is 88.5 cm³/mol. The Morgan fingerprint density at radius 2 is 2.00 bits per heavy atom. The second-order valence-electron chi connectivity index (χ2n) is 6.94. The van der Waals surface area contributed by atoms with Crippen LogP contribution in [-0.2, 0) is 13.6 Å². The minimum absolute atomic E-state index is 0.854. The first-order valence-electron chi connectivity index (χ1n) is 8.20. The first kappa shape index (κ1) is 14.0. The van der Waals surface area contributed by atoms with Crippen molar-refractivity contribution in [1.29, 1.82) is 0 Å². The van der Waals surface area contributed by atoms with Crippen molar-refractivity contribution in [1.82, 2.24) is 20.0 Å². The van der Waals surface area contributed by atoms with Crippen molar-refractivity contribution < 1.29 is 0 Å². The molecule has 116 valence electrons. The standard InChI is InChI=1S/C18H24N4/c1-13-3-4-14(18(5-13)17-8-20-21(2)9-17)10-22-11-15-6-19-7-16(15)12-22/h3-5,8-9,15-16,19H,6-7,10-12H2,1-2H3/t15-,16+. The van der Waals surface area contributed by atoms with E-state index in [4.69, 9.17) is 0 Å². The van der Waals surface area contributed by atoms with Crippen LogP contribution in [0.2, 0.25) is 0 Å². The van der Waals surface area contributed by atoms with Crippen LogP contribution in [0.15, 0.2) is 30.6 Å². The van der Waals surface area contributed by atoms with Crippen LogP contribution in [0.4, 0.5) is 0 Å². The molecule has 0 saturated carbocycles. The number of hydrogen-bond acceptors (Lipinski definition) is 3. The number of nitrogens with zero attached hydrogens (tertiary/aromatic N) is 3. The van der Waals surface area contributed by atoms with Crippen LogP contribution >= 0.6 is 0 Å². The second-order valence-corrected chi connectivity index (χ2v) is 6.94. The molecule has 0 radical (unpaired) electrons. The maximum Gasteiger partial charge on any atom is 0.0568 e.